The number of ether oxygens (including phenoxy) is 3. The lowest BCUT2D eigenvalue weighted by Crippen LogP contribution is -2.33. The van der Waals surface area contributed by atoms with Crippen molar-refractivity contribution < 1.29 is 23.8 Å². The summed E-state index contributed by atoms with van der Waals surface area (Å²) in [4.78, 5) is 28.7. The minimum Gasteiger partial charge on any atom is -0.493 e. The first-order valence-corrected chi connectivity index (χ1v) is 13.4. The predicted molar refractivity (Wildman–Crippen MR) is 151 cm³/mol. The van der Waals surface area contributed by atoms with Crippen molar-refractivity contribution in [2.24, 2.45) is 10.6 Å². The quantitative estimate of drug-likeness (QED) is 0.226. The lowest BCUT2D eigenvalue weighted by Gasteiger charge is -2.37. The van der Waals surface area contributed by atoms with Gasteiger partial charge in [-0.1, -0.05) is 55.4 Å². The average molecular weight is 554 g/mol. The Morgan fingerprint density at radius 2 is 1.88 bits per heavy atom. The summed E-state index contributed by atoms with van der Waals surface area (Å²) in [6, 6.07) is 15.4. The maximum atomic E-state index is 13.7. The van der Waals surface area contributed by atoms with E-state index >= 15 is 0 Å². The van der Waals surface area contributed by atoms with Gasteiger partial charge in [0.25, 0.3) is 0 Å². The third kappa shape index (κ3) is 4.90. The first-order valence-electron chi connectivity index (χ1n) is 13.4. The Kier molecular flexibility index (Phi) is 6.69. The molecule has 2 aliphatic rings. The van der Waals surface area contributed by atoms with Crippen molar-refractivity contribution in [3.8, 4) is 17.4 Å². The van der Waals surface area contributed by atoms with Crippen molar-refractivity contribution >= 4 is 17.1 Å². The number of carbonyl (C=O) groups is 1. The monoisotopic (exact) mass is 553 g/mol. The van der Waals surface area contributed by atoms with E-state index in [9.17, 15) is 4.79 Å². The normalized spacial score (nSPS) is 18.0. The molecule has 41 heavy (non-hydrogen) atoms. The molecular formula is C31H31N5O5. The second-order valence-electron chi connectivity index (χ2n) is 11.0. The number of carbonyl (C=O) groups excluding carboxylic acids is 1. The van der Waals surface area contributed by atoms with Crippen molar-refractivity contribution in [3.63, 3.8) is 0 Å². The highest BCUT2D eigenvalue weighted by Gasteiger charge is 2.44. The number of hydrogen-bond acceptors (Lipinski definition) is 9. The van der Waals surface area contributed by atoms with Crippen LogP contribution in [0.3, 0.4) is 0 Å². The summed E-state index contributed by atoms with van der Waals surface area (Å²) in [5.74, 6) is 2.18. The Bertz CT molecular complexity index is 1710. The van der Waals surface area contributed by atoms with Gasteiger partial charge in [0.15, 0.2) is 35.4 Å². The molecule has 0 radical (unpaired) electrons. The average Bonchev–Trinajstić information content (AvgIpc) is 3.38. The van der Waals surface area contributed by atoms with Gasteiger partial charge in [-0.15, -0.1) is 5.10 Å². The molecule has 10 heteroatoms. The summed E-state index contributed by atoms with van der Waals surface area (Å²) in [5, 5.41) is 8.81. The van der Waals surface area contributed by atoms with Crippen molar-refractivity contribution in [2.45, 2.75) is 46.1 Å². The van der Waals surface area contributed by atoms with Crippen molar-refractivity contribution in [1.82, 2.24) is 19.6 Å². The number of hydrogen-bond donors (Lipinski definition) is 0. The highest BCUT2D eigenvalue weighted by Crippen LogP contribution is 2.51. The summed E-state index contributed by atoms with van der Waals surface area (Å²) in [6.45, 7) is 6.08. The minimum absolute atomic E-state index is 0.0393. The van der Waals surface area contributed by atoms with Gasteiger partial charge in [-0.25, -0.2) is 14.5 Å². The summed E-state index contributed by atoms with van der Waals surface area (Å²) >= 11 is 0. The Hall–Kier alpha value is -4.73. The fourth-order valence-electron chi connectivity index (χ4n) is 5.54. The molecule has 210 valence electrons. The number of aromatic nitrogens is 4. The van der Waals surface area contributed by atoms with Crippen LogP contribution in [0.1, 0.15) is 62.0 Å². The van der Waals surface area contributed by atoms with E-state index in [1.807, 2.05) is 55.5 Å². The molecule has 3 heterocycles. The van der Waals surface area contributed by atoms with E-state index in [1.54, 1.807) is 25.1 Å². The third-order valence-corrected chi connectivity index (χ3v) is 7.43. The lowest BCUT2D eigenvalue weighted by molar-refractivity contribution is -0.118. The molecule has 4 aromatic rings. The number of nitrogens with zero attached hydrogens (tertiary/aromatic N) is 5. The zero-order valence-corrected chi connectivity index (χ0v) is 23.7. The van der Waals surface area contributed by atoms with Crippen LogP contribution < -0.4 is 14.2 Å². The molecule has 1 atom stereocenters. The number of rotatable bonds is 7. The van der Waals surface area contributed by atoms with Crippen LogP contribution in [0.4, 0.5) is 0 Å². The molecule has 0 spiro atoms. The first kappa shape index (κ1) is 26.5. The third-order valence-electron chi connectivity index (χ3n) is 7.43. The minimum atomic E-state index is -0.482. The molecule has 0 N–H and O–H groups in total. The lowest BCUT2D eigenvalue weighted by atomic mass is 9.70. The van der Waals surface area contributed by atoms with E-state index in [0.717, 1.165) is 16.8 Å². The Balaban J connectivity index is 1.43. The molecule has 2 aromatic carbocycles. The zero-order valence-electron chi connectivity index (χ0n) is 23.7. The molecular weight excluding hydrogens is 522 g/mol. The predicted octanol–water partition coefficient (Wildman–Crippen LogP) is 5.25. The van der Waals surface area contributed by atoms with E-state index in [4.69, 9.17) is 24.0 Å². The van der Waals surface area contributed by atoms with Gasteiger partial charge in [-0.05, 0) is 35.6 Å². The van der Waals surface area contributed by atoms with Crippen molar-refractivity contribution in [1.29, 1.82) is 0 Å². The molecule has 0 amide bonds. The fraction of sp³-hybridized carbons (Fsp3) is 0.323. The first-order chi connectivity index (χ1) is 19.8. The van der Waals surface area contributed by atoms with Crippen molar-refractivity contribution in [3.05, 3.63) is 88.7 Å². The van der Waals surface area contributed by atoms with Gasteiger partial charge in [0.05, 0.1) is 31.4 Å². The van der Waals surface area contributed by atoms with Gasteiger partial charge in [-0.3, -0.25) is 4.79 Å². The Labute approximate surface area is 237 Å². The van der Waals surface area contributed by atoms with Crippen LogP contribution in [0.25, 0.3) is 5.65 Å². The molecule has 1 aliphatic carbocycles. The smallest absolute Gasteiger partial charge is 0.228 e. The van der Waals surface area contributed by atoms with Gasteiger partial charge in [0, 0.05) is 18.4 Å². The molecule has 0 unspecified atom stereocenters. The van der Waals surface area contributed by atoms with Gasteiger partial charge in [0.1, 0.15) is 12.1 Å². The van der Waals surface area contributed by atoms with Crippen LogP contribution in [0.15, 0.2) is 71.3 Å². The zero-order chi connectivity index (χ0) is 28.7. The van der Waals surface area contributed by atoms with E-state index < -0.39 is 5.92 Å². The van der Waals surface area contributed by atoms with E-state index in [2.05, 4.69) is 29.1 Å². The van der Waals surface area contributed by atoms with Crippen LogP contribution in [0.5, 0.6) is 17.4 Å². The van der Waals surface area contributed by atoms with E-state index in [1.165, 1.54) is 0 Å². The fourth-order valence-corrected chi connectivity index (χ4v) is 5.54. The number of fused-ring (bicyclic) bond motifs is 3. The summed E-state index contributed by atoms with van der Waals surface area (Å²) in [5.41, 5.74) is 4.13. The number of oxime groups is 1. The number of Topliss-reactive ketones (excluding diaryl/α,β-unsaturated/α-hetero) is 1. The highest BCUT2D eigenvalue weighted by atomic mass is 16.6. The molecule has 2 aromatic heterocycles. The van der Waals surface area contributed by atoms with Gasteiger partial charge in [0.2, 0.25) is 5.88 Å². The topological polar surface area (TPSA) is 109 Å². The van der Waals surface area contributed by atoms with Crippen LogP contribution in [-0.4, -0.2) is 45.3 Å². The Morgan fingerprint density at radius 1 is 1.10 bits per heavy atom. The highest BCUT2D eigenvalue weighted by molar-refractivity contribution is 6.00. The molecule has 0 fully saturated rings. The summed E-state index contributed by atoms with van der Waals surface area (Å²) < 4.78 is 19.0. The number of methoxy groups -OCH3 is 2. The molecule has 1 aliphatic heterocycles. The summed E-state index contributed by atoms with van der Waals surface area (Å²) in [7, 11) is 3.18. The molecule has 0 saturated carbocycles. The second kappa shape index (κ2) is 10.3. The van der Waals surface area contributed by atoms with Gasteiger partial charge < -0.3 is 19.0 Å². The van der Waals surface area contributed by atoms with Crippen LogP contribution in [0, 0.1) is 5.41 Å². The van der Waals surface area contributed by atoms with E-state index in [0.29, 0.717) is 58.6 Å². The molecule has 0 saturated heterocycles. The number of ketones is 1. The standard InChI is InChI=1S/C31H31N5O5/c1-18(19-9-7-6-8-10-19)35-40-16-25-33-29-28-26(20-11-12-22(38-4)23(13-20)39-5)27-21(37)14-31(2,3)15-24(27)41-30(28)32-17-36(29)34-25/h6-13,17,26H,14-16H2,1-5H3/b35-18+/t26-/m0/s1. The van der Waals surface area contributed by atoms with Crippen LogP contribution in [0.2, 0.25) is 0 Å². The van der Waals surface area contributed by atoms with Crippen LogP contribution >= 0.6 is 0 Å². The van der Waals surface area contributed by atoms with Crippen molar-refractivity contribution in [2.75, 3.05) is 14.2 Å². The van der Waals surface area contributed by atoms with E-state index in [-0.39, 0.29) is 17.8 Å². The second-order valence-corrected chi connectivity index (χ2v) is 11.0. The SMILES string of the molecule is COc1ccc([C@H]2C3=C(CC(C)(C)CC3=O)Oc3ncn4nc(CO/N=C(\C)c5ccccc5)nc4c32)cc1OC. The maximum absolute atomic E-state index is 13.7. The summed E-state index contributed by atoms with van der Waals surface area (Å²) in [6.07, 6.45) is 2.60. The number of benzene rings is 2. The maximum Gasteiger partial charge on any atom is 0.228 e. The molecule has 0 bridgehead atoms. The van der Waals surface area contributed by atoms with Gasteiger partial charge >= 0.3 is 0 Å². The Morgan fingerprint density at radius 3 is 2.63 bits per heavy atom. The molecule has 10 nitrogen and oxygen atoms in total. The number of allylic oxidation sites excluding steroid dienone is 2. The molecule has 6 rings (SSSR count). The van der Waals surface area contributed by atoms with Gasteiger partial charge in [-0.2, -0.15) is 0 Å². The largest absolute Gasteiger partial charge is 0.493 e. The van der Waals surface area contributed by atoms with Crippen LogP contribution in [-0.2, 0) is 16.2 Å².